The Morgan fingerprint density at radius 1 is 1.05 bits per heavy atom. The second-order valence-electron chi connectivity index (χ2n) is 11.4. The predicted molar refractivity (Wildman–Crippen MR) is 153 cm³/mol. The van der Waals surface area contributed by atoms with Gasteiger partial charge in [0, 0.05) is 24.6 Å². The Kier molecular flexibility index (Phi) is 7.57. The Hall–Kier alpha value is -3.19. The van der Waals surface area contributed by atoms with E-state index in [9.17, 15) is 15.0 Å². The molecular formula is C32H39N2O4+. The maximum Gasteiger partial charge on any atom is 0.390 e. The second-order valence-corrected chi connectivity index (χ2v) is 11.4. The van der Waals surface area contributed by atoms with Crippen LogP contribution < -0.4 is 9.22 Å². The van der Waals surface area contributed by atoms with E-state index in [0.717, 1.165) is 37.2 Å². The molecule has 0 spiro atoms. The van der Waals surface area contributed by atoms with E-state index in [1.165, 1.54) is 16.3 Å². The van der Waals surface area contributed by atoms with Crippen LogP contribution >= 0.6 is 0 Å². The number of ether oxygens (including phenoxy) is 1. The van der Waals surface area contributed by atoms with Crippen molar-refractivity contribution in [1.29, 1.82) is 0 Å². The summed E-state index contributed by atoms with van der Waals surface area (Å²) in [6.45, 7) is 7.52. The first-order chi connectivity index (χ1) is 18.2. The number of quaternary nitrogens is 1. The number of carbonyl (C=O) groups is 1. The fourth-order valence-electron chi connectivity index (χ4n) is 6.29. The topological polar surface area (TPSA) is 70.0 Å². The van der Waals surface area contributed by atoms with Crippen molar-refractivity contribution in [2.75, 3.05) is 39.8 Å². The second kappa shape index (κ2) is 10.9. The molecule has 6 nitrogen and oxygen atoms in total. The first-order valence-electron chi connectivity index (χ1n) is 13.7. The maximum atomic E-state index is 12.1. The Morgan fingerprint density at radius 2 is 1.79 bits per heavy atom. The highest BCUT2D eigenvalue weighted by Crippen LogP contribution is 2.44. The van der Waals surface area contributed by atoms with Gasteiger partial charge in [0.1, 0.15) is 24.1 Å². The van der Waals surface area contributed by atoms with Crippen LogP contribution in [0.25, 0.3) is 16.8 Å². The number of nitrogens with zero attached hydrogens (tertiary/aromatic N) is 2. The Balaban J connectivity index is 1.18. The fraction of sp³-hybridized carbons (Fsp3) is 0.406. The van der Waals surface area contributed by atoms with Crippen molar-refractivity contribution in [3.63, 3.8) is 0 Å². The molecule has 3 aromatic carbocycles. The number of likely N-dealkylation sites (tertiary alicyclic amines) is 1. The van der Waals surface area contributed by atoms with E-state index in [2.05, 4.69) is 61.2 Å². The van der Waals surface area contributed by atoms with Crippen molar-refractivity contribution in [2.45, 2.75) is 38.7 Å². The Labute approximate surface area is 225 Å². The van der Waals surface area contributed by atoms with Crippen molar-refractivity contribution in [3.05, 3.63) is 77.5 Å². The number of piperidine rings is 1. The van der Waals surface area contributed by atoms with Crippen LogP contribution in [0.1, 0.15) is 43.7 Å². The van der Waals surface area contributed by atoms with Crippen LogP contribution in [-0.2, 0) is 4.79 Å². The molecule has 0 aromatic heterocycles. The van der Waals surface area contributed by atoms with Crippen LogP contribution in [0.3, 0.4) is 0 Å². The number of likely N-dealkylation sites (N-methyl/N-ethyl adjacent to an activating group) is 1. The molecule has 0 bridgehead atoms. The molecule has 3 aromatic rings. The third kappa shape index (κ3) is 5.35. The molecular weight excluding hydrogens is 476 g/mol. The lowest BCUT2D eigenvalue weighted by Crippen LogP contribution is -2.47. The largest absolute Gasteiger partial charge is 0.490 e. The smallest absolute Gasteiger partial charge is 0.390 e. The quantitative estimate of drug-likeness (QED) is 0.369. The molecule has 0 saturated carbocycles. The molecule has 1 fully saturated rings. The number of hydrogen-bond acceptors (Lipinski definition) is 4. The van der Waals surface area contributed by atoms with Crippen LogP contribution in [0.4, 0.5) is 5.69 Å². The lowest BCUT2D eigenvalue weighted by Gasteiger charge is -2.33. The van der Waals surface area contributed by atoms with Gasteiger partial charge < -0.3 is 19.8 Å². The molecule has 2 atom stereocenters. The monoisotopic (exact) mass is 515 g/mol. The van der Waals surface area contributed by atoms with Gasteiger partial charge in [0.05, 0.1) is 19.2 Å². The summed E-state index contributed by atoms with van der Waals surface area (Å²) < 4.78 is 6.33. The van der Waals surface area contributed by atoms with Crippen LogP contribution in [0.5, 0.6) is 5.75 Å². The lowest BCUT2D eigenvalue weighted by atomic mass is 9.88. The van der Waals surface area contributed by atoms with Gasteiger partial charge in [-0.15, -0.1) is 0 Å². The molecule has 0 radical (unpaired) electrons. The maximum absolute atomic E-state index is 12.1. The van der Waals surface area contributed by atoms with Crippen molar-refractivity contribution in [2.24, 2.45) is 5.92 Å². The highest BCUT2D eigenvalue weighted by Gasteiger charge is 2.43. The molecule has 6 heteroatoms. The van der Waals surface area contributed by atoms with Crippen LogP contribution in [0.15, 0.2) is 66.4 Å². The lowest BCUT2D eigenvalue weighted by molar-refractivity contribution is -0.134. The summed E-state index contributed by atoms with van der Waals surface area (Å²) in [5.41, 5.74) is 3.48. The minimum absolute atomic E-state index is 0.172. The molecule has 5 rings (SSSR count). The number of hydrogen-bond donors (Lipinski definition) is 2. The minimum atomic E-state index is -0.914. The van der Waals surface area contributed by atoms with Gasteiger partial charge in [-0.25, -0.2) is 4.79 Å². The summed E-state index contributed by atoms with van der Waals surface area (Å²) in [6.07, 6.45) is 3.27. The average molecular weight is 516 g/mol. The molecule has 2 aliphatic heterocycles. The number of fused-ring (bicyclic) bond motifs is 2. The van der Waals surface area contributed by atoms with Gasteiger partial charge in [0.15, 0.2) is 0 Å². The van der Waals surface area contributed by atoms with Crippen molar-refractivity contribution in [3.8, 4) is 5.75 Å². The van der Waals surface area contributed by atoms with Gasteiger partial charge in [0.25, 0.3) is 0 Å². The van der Waals surface area contributed by atoms with Gasteiger partial charge in [-0.3, -0.25) is 4.48 Å². The molecule has 0 aliphatic carbocycles. The number of carboxylic acids is 1. The molecule has 1 unspecified atom stereocenters. The van der Waals surface area contributed by atoms with Gasteiger partial charge in [-0.2, -0.15) is 0 Å². The van der Waals surface area contributed by atoms with E-state index in [4.69, 9.17) is 4.74 Å². The molecule has 0 amide bonds. The van der Waals surface area contributed by atoms with Gasteiger partial charge in [0.2, 0.25) is 5.70 Å². The van der Waals surface area contributed by atoms with Gasteiger partial charge in [-0.05, 0) is 54.3 Å². The summed E-state index contributed by atoms with van der Waals surface area (Å²) in [7, 11) is 1.95. The third-order valence-electron chi connectivity index (χ3n) is 8.07. The summed E-state index contributed by atoms with van der Waals surface area (Å²) in [5, 5.41) is 23.3. The number of benzene rings is 3. The zero-order valence-corrected chi connectivity index (χ0v) is 22.6. The first kappa shape index (κ1) is 26.4. The number of aliphatic hydroxyl groups excluding tert-OH is 1. The van der Waals surface area contributed by atoms with Crippen LogP contribution in [0, 0.1) is 5.92 Å². The SMILES string of the molecule is CC(C)C[N@+]1(C)C(C(=O)O)=Cc2c(OCC(O)CN3CCC(c4ccc5ccccc5c4)CC3)cccc21. The average Bonchev–Trinajstić information content (AvgIpc) is 3.20. The Morgan fingerprint density at radius 3 is 2.50 bits per heavy atom. The summed E-state index contributed by atoms with van der Waals surface area (Å²) in [5.74, 6) is 0.582. The van der Waals surface area contributed by atoms with E-state index in [0.29, 0.717) is 36.4 Å². The van der Waals surface area contributed by atoms with E-state index in [1.807, 2.05) is 25.2 Å². The van der Waals surface area contributed by atoms with Crippen LogP contribution in [0.2, 0.25) is 0 Å². The molecule has 38 heavy (non-hydrogen) atoms. The number of rotatable bonds is 9. The van der Waals surface area contributed by atoms with E-state index >= 15 is 0 Å². The number of aliphatic carboxylic acids is 1. The van der Waals surface area contributed by atoms with E-state index in [-0.39, 0.29) is 11.1 Å². The van der Waals surface area contributed by atoms with Crippen molar-refractivity contribution in [1.82, 2.24) is 9.38 Å². The Bertz CT molecular complexity index is 1340. The highest BCUT2D eigenvalue weighted by atomic mass is 16.5. The third-order valence-corrected chi connectivity index (χ3v) is 8.07. The fourth-order valence-corrected chi connectivity index (χ4v) is 6.29. The molecule has 1 saturated heterocycles. The molecule has 2 heterocycles. The number of carboxylic acid groups (broad SMARTS) is 1. The molecule has 200 valence electrons. The van der Waals surface area contributed by atoms with Gasteiger partial charge in [-0.1, -0.05) is 62.4 Å². The standard InChI is InChI=1S/C32H38N2O4/c1-22(2)20-34(3)29-9-6-10-31(28(29)18-30(34)32(36)37)38-21-27(35)19-33-15-13-24(14-16-33)26-12-11-23-7-4-5-8-25(23)17-26/h4-12,17-18,22,24,27,35H,13-16,19-21H2,1-3H3/p+1/t27?,34-/m0/s1. The summed E-state index contributed by atoms with van der Waals surface area (Å²) in [6, 6.07) is 21.1. The zero-order chi connectivity index (χ0) is 26.9. The van der Waals surface area contributed by atoms with E-state index in [1.54, 1.807) is 6.08 Å². The number of β-amino-alcohol motifs (C(OH)–C–C–N with tert-alkyl or cyclic N) is 1. The minimum Gasteiger partial charge on any atom is -0.490 e. The van der Waals surface area contributed by atoms with Crippen LogP contribution in [-0.4, -0.2) is 67.0 Å². The van der Waals surface area contributed by atoms with Gasteiger partial charge >= 0.3 is 5.97 Å². The van der Waals surface area contributed by atoms with Crippen molar-refractivity contribution < 1.29 is 19.7 Å². The predicted octanol–water partition coefficient (Wildman–Crippen LogP) is 5.49. The normalized spacial score (nSPS) is 20.9. The number of aliphatic hydroxyl groups is 1. The highest BCUT2D eigenvalue weighted by molar-refractivity contribution is 6.00. The first-order valence-corrected chi connectivity index (χ1v) is 13.7. The molecule has 2 N–H and O–H groups in total. The summed E-state index contributed by atoms with van der Waals surface area (Å²) in [4.78, 5) is 14.4. The summed E-state index contributed by atoms with van der Waals surface area (Å²) >= 11 is 0. The van der Waals surface area contributed by atoms with E-state index < -0.39 is 12.1 Å². The zero-order valence-electron chi connectivity index (χ0n) is 22.6. The molecule has 2 aliphatic rings. The van der Waals surface area contributed by atoms with Crippen molar-refractivity contribution >= 4 is 28.5 Å².